The lowest BCUT2D eigenvalue weighted by atomic mass is 9.64. The Morgan fingerprint density at radius 3 is 2.95 bits per heavy atom. The Labute approximate surface area is 130 Å². The van der Waals surface area contributed by atoms with E-state index in [9.17, 15) is 4.79 Å². The number of carbonyl (C=O) groups excluding carboxylic acids is 1. The van der Waals surface area contributed by atoms with E-state index in [2.05, 4.69) is 40.7 Å². The van der Waals surface area contributed by atoms with Gasteiger partial charge in [0.15, 0.2) is 0 Å². The molecule has 5 rings (SSSR count). The molecule has 3 aliphatic heterocycles. The van der Waals surface area contributed by atoms with Gasteiger partial charge < -0.3 is 9.47 Å². The van der Waals surface area contributed by atoms with E-state index in [1.807, 2.05) is 0 Å². The van der Waals surface area contributed by atoms with Crippen LogP contribution in [-0.4, -0.2) is 21.9 Å². The van der Waals surface area contributed by atoms with Crippen molar-refractivity contribution in [3.05, 3.63) is 35.5 Å². The van der Waals surface area contributed by atoms with Crippen LogP contribution in [0.25, 0.3) is 10.9 Å². The average molecular weight is 294 g/mol. The molecule has 0 aliphatic carbocycles. The van der Waals surface area contributed by atoms with E-state index in [-0.39, 0.29) is 0 Å². The van der Waals surface area contributed by atoms with Crippen LogP contribution in [0.15, 0.2) is 24.3 Å². The fraction of sp³-hybridized carbons (Fsp3) is 0.526. The second-order valence-corrected chi connectivity index (χ2v) is 7.27. The fourth-order valence-corrected chi connectivity index (χ4v) is 5.43. The van der Waals surface area contributed by atoms with Crippen LogP contribution in [0.3, 0.4) is 0 Å². The summed E-state index contributed by atoms with van der Waals surface area (Å²) in [5.74, 6) is 0.347. The van der Waals surface area contributed by atoms with Gasteiger partial charge in [-0.05, 0) is 42.7 Å². The monoisotopic (exact) mass is 294 g/mol. The number of aryl methyl sites for hydroxylation is 1. The minimum Gasteiger partial charge on any atom is -0.342 e. The number of fused-ring (bicyclic) bond motifs is 3. The number of hydrogen-bond donors (Lipinski definition) is 0. The van der Waals surface area contributed by atoms with Crippen LogP contribution in [0.2, 0.25) is 0 Å². The number of benzene rings is 1. The van der Waals surface area contributed by atoms with Gasteiger partial charge in [0.05, 0.1) is 12.5 Å². The van der Waals surface area contributed by atoms with Crippen molar-refractivity contribution >= 4 is 16.8 Å². The Hall–Kier alpha value is -1.77. The summed E-state index contributed by atoms with van der Waals surface area (Å²) in [4.78, 5) is 15.0. The van der Waals surface area contributed by atoms with Crippen molar-refractivity contribution < 1.29 is 4.79 Å². The summed E-state index contributed by atoms with van der Waals surface area (Å²) in [6, 6.07) is 8.98. The lowest BCUT2D eigenvalue weighted by molar-refractivity contribution is -0.143. The third kappa shape index (κ3) is 1.35. The van der Waals surface area contributed by atoms with Crippen LogP contribution in [0, 0.1) is 5.41 Å². The van der Waals surface area contributed by atoms with Crippen LogP contribution in [-0.2, 0) is 17.8 Å². The number of carbonyl (C=O) groups is 1. The third-order valence-corrected chi connectivity index (χ3v) is 6.53. The summed E-state index contributed by atoms with van der Waals surface area (Å²) in [5, 5.41) is 1.31. The van der Waals surface area contributed by atoms with Gasteiger partial charge in [-0.1, -0.05) is 25.1 Å². The second kappa shape index (κ2) is 4.15. The molecule has 0 bridgehead atoms. The number of piperidine rings is 1. The standard InChI is InChI=1S/C19H22N2O/c1-2-19-8-5-10-21-16(22)12-14-13-6-3-4-7-15(13)20(11-9-19)17(14)18(19)21/h3-4,6-7,18H,2,5,8-12H2,1H3/t18-,19+/m0/s1. The van der Waals surface area contributed by atoms with E-state index < -0.39 is 0 Å². The first kappa shape index (κ1) is 12.7. The van der Waals surface area contributed by atoms with Crippen LogP contribution in [0.5, 0.6) is 0 Å². The molecule has 1 saturated heterocycles. The maximum absolute atomic E-state index is 12.8. The Morgan fingerprint density at radius 1 is 1.23 bits per heavy atom. The summed E-state index contributed by atoms with van der Waals surface area (Å²) in [6.45, 7) is 4.38. The largest absolute Gasteiger partial charge is 0.342 e. The highest BCUT2D eigenvalue weighted by Gasteiger charge is 2.52. The summed E-state index contributed by atoms with van der Waals surface area (Å²) in [6.07, 6.45) is 5.44. The van der Waals surface area contributed by atoms with Crippen LogP contribution in [0.4, 0.5) is 0 Å². The first-order valence-electron chi connectivity index (χ1n) is 8.65. The van der Waals surface area contributed by atoms with E-state index in [4.69, 9.17) is 0 Å². The zero-order chi connectivity index (χ0) is 14.9. The minimum absolute atomic E-state index is 0.313. The van der Waals surface area contributed by atoms with Gasteiger partial charge in [-0.3, -0.25) is 4.79 Å². The minimum atomic E-state index is 0.313. The molecule has 0 unspecified atom stereocenters. The quantitative estimate of drug-likeness (QED) is 0.788. The van der Waals surface area contributed by atoms with Crippen molar-refractivity contribution in [3.8, 4) is 0 Å². The van der Waals surface area contributed by atoms with E-state index in [1.54, 1.807) is 0 Å². The normalized spacial score (nSPS) is 29.8. The first-order chi connectivity index (χ1) is 10.7. The van der Waals surface area contributed by atoms with Gasteiger partial charge in [0.1, 0.15) is 0 Å². The van der Waals surface area contributed by atoms with Crippen LogP contribution < -0.4 is 0 Å². The molecule has 3 nitrogen and oxygen atoms in total. The van der Waals surface area contributed by atoms with Gasteiger partial charge in [-0.25, -0.2) is 0 Å². The van der Waals surface area contributed by atoms with Gasteiger partial charge in [0.25, 0.3) is 0 Å². The molecule has 2 aromatic rings. The molecule has 0 saturated carbocycles. The Kier molecular flexibility index (Phi) is 2.41. The van der Waals surface area contributed by atoms with Crippen LogP contribution in [0.1, 0.15) is 49.9 Å². The van der Waals surface area contributed by atoms with Gasteiger partial charge in [0.2, 0.25) is 5.91 Å². The molecule has 0 spiro atoms. The maximum atomic E-state index is 12.8. The SMILES string of the molecule is CC[C@@]12CCCN3C(=O)Cc4c(n(c5ccccc45)CC1)[C@H]32. The van der Waals surface area contributed by atoms with Crippen molar-refractivity contribution in [3.63, 3.8) is 0 Å². The fourth-order valence-electron chi connectivity index (χ4n) is 5.43. The predicted octanol–water partition coefficient (Wildman–Crippen LogP) is 3.66. The van der Waals surface area contributed by atoms with Crippen molar-refractivity contribution in [2.24, 2.45) is 5.41 Å². The van der Waals surface area contributed by atoms with Gasteiger partial charge in [-0.2, -0.15) is 0 Å². The van der Waals surface area contributed by atoms with Gasteiger partial charge in [-0.15, -0.1) is 0 Å². The van der Waals surface area contributed by atoms with Crippen molar-refractivity contribution in [1.29, 1.82) is 0 Å². The van der Waals surface area contributed by atoms with Gasteiger partial charge in [0, 0.05) is 29.7 Å². The molecule has 1 aromatic heterocycles. The zero-order valence-corrected chi connectivity index (χ0v) is 13.1. The number of amides is 1. The molecule has 3 aliphatic rings. The average Bonchev–Trinajstić information content (AvgIpc) is 2.89. The Morgan fingerprint density at radius 2 is 2.09 bits per heavy atom. The molecule has 0 radical (unpaired) electrons. The van der Waals surface area contributed by atoms with Crippen LogP contribution >= 0.6 is 0 Å². The summed E-state index contributed by atoms with van der Waals surface area (Å²) in [5.41, 5.74) is 4.43. The Balaban J connectivity index is 1.86. The number of para-hydroxylation sites is 1. The molecule has 22 heavy (non-hydrogen) atoms. The van der Waals surface area contributed by atoms with Crippen molar-refractivity contribution in [1.82, 2.24) is 9.47 Å². The lowest BCUT2D eigenvalue weighted by Crippen LogP contribution is -2.54. The molecule has 1 aromatic carbocycles. The topological polar surface area (TPSA) is 25.2 Å². The third-order valence-electron chi connectivity index (χ3n) is 6.53. The number of rotatable bonds is 1. The number of aromatic nitrogens is 1. The lowest BCUT2D eigenvalue weighted by Gasteiger charge is -2.54. The van der Waals surface area contributed by atoms with E-state index in [0.717, 1.165) is 13.1 Å². The van der Waals surface area contributed by atoms with Gasteiger partial charge >= 0.3 is 0 Å². The number of hydrogen-bond acceptors (Lipinski definition) is 1. The summed E-state index contributed by atoms with van der Waals surface area (Å²) < 4.78 is 2.52. The molecular weight excluding hydrogens is 272 g/mol. The molecule has 114 valence electrons. The molecule has 2 atom stereocenters. The predicted molar refractivity (Wildman–Crippen MR) is 86.7 cm³/mol. The Bertz CT molecular complexity index is 790. The highest BCUT2D eigenvalue weighted by Crippen LogP contribution is 2.57. The summed E-state index contributed by atoms with van der Waals surface area (Å²) >= 11 is 0. The van der Waals surface area contributed by atoms with E-state index in [0.29, 0.717) is 23.8 Å². The molecule has 0 N–H and O–H groups in total. The van der Waals surface area contributed by atoms with Crippen molar-refractivity contribution in [2.75, 3.05) is 6.54 Å². The maximum Gasteiger partial charge on any atom is 0.227 e. The molecule has 4 heterocycles. The highest BCUT2D eigenvalue weighted by molar-refractivity contribution is 5.93. The van der Waals surface area contributed by atoms with E-state index >= 15 is 0 Å². The molecule has 3 heteroatoms. The van der Waals surface area contributed by atoms with E-state index in [1.165, 1.54) is 47.8 Å². The molecule has 1 amide bonds. The number of nitrogens with zero attached hydrogens (tertiary/aromatic N) is 2. The smallest absolute Gasteiger partial charge is 0.227 e. The molecular formula is C19H22N2O. The zero-order valence-electron chi connectivity index (χ0n) is 13.1. The van der Waals surface area contributed by atoms with Crippen molar-refractivity contribution in [2.45, 2.75) is 51.6 Å². The molecule has 1 fully saturated rings. The highest BCUT2D eigenvalue weighted by atomic mass is 16.2. The summed E-state index contributed by atoms with van der Waals surface area (Å²) in [7, 11) is 0. The second-order valence-electron chi connectivity index (χ2n) is 7.27. The first-order valence-corrected chi connectivity index (χ1v) is 8.65.